The maximum Gasteiger partial charge on any atom is 0.265 e. The van der Waals surface area contributed by atoms with Crippen LogP contribution in [-0.4, -0.2) is 23.8 Å². The molecule has 5 heteroatoms. The Morgan fingerprint density at radius 1 is 1.83 bits per heavy atom. The van der Waals surface area contributed by atoms with Crippen LogP contribution in [0.2, 0.25) is 0 Å². The maximum absolute atomic E-state index is 10.4. The quantitative estimate of drug-likeness (QED) is 0.481. The average Bonchev–Trinajstić information content (AvgIpc) is 2.57. The number of carbonyl (C=O) groups is 1. The van der Waals surface area contributed by atoms with Crippen LogP contribution in [0.5, 0.6) is 0 Å². The Balaban J connectivity index is 2.37. The van der Waals surface area contributed by atoms with E-state index in [-0.39, 0.29) is 0 Å². The Morgan fingerprint density at radius 3 is 3.25 bits per heavy atom. The van der Waals surface area contributed by atoms with Gasteiger partial charge in [0.15, 0.2) is 0 Å². The fourth-order valence-corrected chi connectivity index (χ4v) is 0.563. The second-order valence-corrected chi connectivity index (χ2v) is 2.01. The van der Waals surface area contributed by atoms with Crippen LogP contribution in [0.1, 0.15) is 5.56 Å². The third-order valence-corrected chi connectivity index (χ3v) is 1.09. The van der Waals surface area contributed by atoms with Gasteiger partial charge in [-0.2, -0.15) is 5.10 Å². The molecule has 0 aliphatic carbocycles. The third kappa shape index (κ3) is 2.55. The van der Waals surface area contributed by atoms with Gasteiger partial charge in [0, 0.05) is 5.56 Å². The number of furan rings is 1. The molecule has 12 heavy (non-hydrogen) atoms. The van der Waals surface area contributed by atoms with Crippen molar-refractivity contribution >= 4 is 12.1 Å². The predicted molar refractivity (Wildman–Crippen MR) is 41.5 cm³/mol. The van der Waals surface area contributed by atoms with Crippen LogP contribution < -0.4 is 5.43 Å². The molecule has 0 unspecified atom stereocenters. The highest BCUT2D eigenvalue weighted by Crippen LogP contribution is 1.94. The highest BCUT2D eigenvalue weighted by Gasteiger charge is 1.92. The molecule has 0 saturated carbocycles. The third-order valence-electron chi connectivity index (χ3n) is 1.09. The predicted octanol–water partition coefficient (Wildman–Crippen LogP) is -0.278. The van der Waals surface area contributed by atoms with Crippen molar-refractivity contribution in [3.8, 4) is 0 Å². The molecule has 1 rings (SSSR count). The lowest BCUT2D eigenvalue weighted by molar-refractivity contribution is -0.123. The molecular formula is C7H8N2O3. The molecule has 5 nitrogen and oxygen atoms in total. The van der Waals surface area contributed by atoms with Crippen molar-refractivity contribution in [2.24, 2.45) is 5.10 Å². The Kier molecular flexibility index (Phi) is 3.04. The molecule has 1 aromatic heterocycles. The number of aliphatic hydroxyl groups is 1. The smallest absolute Gasteiger partial charge is 0.265 e. The fourth-order valence-electron chi connectivity index (χ4n) is 0.563. The molecule has 0 aromatic carbocycles. The van der Waals surface area contributed by atoms with Crippen molar-refractivity contribution < 1.29 is 14.3 Å². The molecule has 0 saturated heterocycles. The fraction of sp³-hybridized carbons (Fsp3) is 0.143. The molecule has 0 aliphatic heterocycles. The van der Waals surface area contributed by atoms with E-state index < -0.39 is 12.5 Å². The number of hydrazone groups is 1. The lowest BCUT2D eigenvalue weighted by Gasteiger charge is -1.91. The molecule has 0 aliphatic rings. The van der Waals surface area contributed by atoms with Crippen molar-refractivity contribution in [3.05, 3.63) is 24.2 Å². The van der Waals surface area contributed by atoms with Crippen LogP contribution in [-0.2, 0) is 4.79 Å². The van der Waals surface area contributed by atoms with Gasteiger partial charge >= 0.3 is 0 Å². The zero-order valence-electron chi connectivity index (χ0n) is 6.23. The minimum absolute atomic E-state index is 0.547. The first-order valence-corrected chi connectivity index (χ1v) is 3.28. The van der Waals surface area contributed by atoms with E-state index in [2.05, 4.69) is 10.5 Å². The number of aliphatic hydroxyl groups excluding tert-OH is 1. The summed E-state index contributed by atoms with van der Waals surface area (Å²) in [6, 6.07) is 1.69. The molecule has 0 atom stereocenters. The van der Waals surface area contributed by atoms with E-state index in [1.165, 1.54) is 18.7 Å². The standard InChI is InChI=1S/C7H8N2O3/c10-4-7(11)9-8-3-6-1-2-12-5-6/h1-3,5,10H,4H2,(H,9,11)/b8-3+. The van der Waals surface area contributed by atoms with Crippen LogP contribution in [0.25, 0.3) is 0 Å². The normalized spacial score (nSPS) is 10.4. The summed E-state index contributed by atoms with van der Waals surface area (Å²) in [5, 5.41) is 11.8. The first-order chi connectivity index (χ1) is 5.83. The second-order valence-electron chi connectivity index (χ2n) is 2.01. The Hall–Kier alpha value is -1.62. The van der Waals surface area contributed by atoms with E-state index >= 15 is 0 Å². The number of hydrogen-bond donors (Lipinski definition) is 2. The first kappa shape index (κ1) is 8.48. The van der Waals surface area contributed by atoms with Gasteiger partial charge < -0.3 is 9.52 Å². The maximum atomic E-state index is 10.4. The zero-order chi connectivity index (χ0) is 8.81. The lowest BCUT2D eigenvalue weighted by atomic mass is 10.4. The van der Waals surface area contributed by atoms with Crippen molar-refractivity contribution in [1.29, 1.82) is 0 Å². The van der Waals surface area contributed by atoms with Crippen LogP contribution in [0.15, 0.2) is 28.1 Å². The summed E-state index contributed by atoms with van der Waals surface area (Å²) in [7, 11) is 0. The Labute approximate surface area is 68.7 Å². The Morgan fingerprint density at radius 2 is 2.67 bits per heavy atom. The van der Waals surface area contributed by atoms with Crippen LogP contribution >= 0.6 is 0 Å². The van der Waals surface area contributed by atoms with E-state index in [1.54, 1.807) is 6.07 Å². The van der Waals surface area contributed by atoms with Gasteiger partial charge in [0.2, 0.25) is 0 Å². The number of rotatable bonds is 3. The number of carbonyl (C=O) groups excluding carboxylic acids is 1. The van der Waals surface area contributed by atoms with Gasteiger partial charge in [0.25, 0.3) is 5.91 Å². The van der Waals surface area contributed by atoms with Gasteiger partial charge in [-0.05, 0) is 6.07 Å². The highest BCUT2D eigenvalue weighted by molar-refractivity contribution is 5.82. The average molecular weight is 168 g/mol. The molecule has 2 N–H and O–H groups in total. The van der Waals surface area contributed by atoms with Crippen molar-refractivity contribution in [2.75, 3.05) is 6.61 Å². The van der Waals surface area contributed by atoms with Crippen LogP contribution in [0, 0.1) is 0 Å². The number of hydrogen-bond acceptors (Lipinski definition) is 4. The monoisotopic (exact) mass is 168 g/mol. The van der Waals surface area contributed by atoms with Crippen molar-refractivity contribution in [3.63, 3.8) is 0 Å². The van der Waals surface area contributed by atoms with E-state index in [0.29, 0.717) is 0 Å². The summed E-state index contributed by atoms with van der Waals surface area (Å²) >= 11 is 0. The summed E-state index contributed by atoms with van der Waals surface area (Å²) in [4.78, 5) is 10.4. The van der Waals surface area contributed by atoms with Gasteiger partial charge in [-0.1, -0.05) is 0 Å². The van der Waals surface area contributed by atoms with Crippen molar-refractivity contribution in [1.82, 2.24) is 5.43 Å². The SMILES string of the molecule is O=C(CO)N/N=C/c1ccoc1. The van der Waals surface area contributed by atoms with Crippen LogP contribution in [0.4, 0.5) is 0 Å². The van der Waals surface area contributed by atoms with Gasteiger partial charge in [-0.15, -0.1) is 0 Å². The highest BCUT2D eigenvalue weighted by atomic mass is 16.3. The molecule has 64 valence electrons. The molecule has 0 fully saturated rings. The minimum atomic E-state index is -0.567. The minimum Gasteiger partial charge on any atom is -0.472 e. The largest absolute Gasteiger partial charge is 0.472 e. The van der Waals surface area contributed by atoms with Gasteiger partial charge in [-0.25, -0.2) is 5.43 Å². The second kappa shape index (κ2) is 4.30. The Bertz CT molecular complexity index is 266. The number of nitrogens with zero attached hydrogens (tertiary/aromatic N) is 1. The van der Waals surface area contributed by atoms with Gasteiger partial charge in [0.1, 0.15) is 6.61 Å². The van der Waals surface area contributed by atoms with E-state index in [9.17, 15) is 4.79 Å². The summed E-state index contributed by atoms with van der Waals surface area (Å²) < 4.78 is 4.75. The molecule has 0 bridgehead atoms. The molecule has 1 heterocycles. The van der Waals surface area contributed by atoms with Crippen molar-refractivity contribution in [2.45, 2.75) is 0 Å². The lowest BCUT2D eigenvalue weighted by Crippen LogP contribution is -2.20. The van der Waals surface area contributed by atoms with E-state index in [0.717, 1.165) is 5.56 Å². The summed E-state index contributed by atoms with van der Waals surface area (Å²) in [5.41, 5.74) is 2.85. The summed E-state index contributed by atoms with van der Waals surface area (Å²) in [5.74, 6) is -0.547. The number of nitrogens with one attached hydrogen (secondary N) is 1. The molecule has 1 amide bonds. The summed E-state index contributed by atoms with van der Waals surface area (Å²) in [6.45, 7) is -0.567. The topological polar surface area (TPSA) is 74.8 Å². The molecular weight excluding hydrogens is 160 g/mol. The van der Waals surface area contributed by atoms with Gasteiger partial charge in [0.05, 0.1) is 18.7 Å². The van der Waals surface area contributed by atoms with E-state index in [4.69, 9.17) is 9.52 Å². The zero-order valence-corrected chi connectivity index (χ0v) is 6.23. The molecule has 0 spiro atoms. The summed E-state index contributed by atoms with van der Waals surface area (Å²) in [6.07, 6.45) is 4.39. The van der Waals surface area contributed by atoms with Gasteiger partial charge in [-0.3, -0.25) is 4.79 Å². The molecule has 0 radical (unpaired) electrons. The van der Waals surface area contributed by atoms with E-state index in [1.807, 2.05) is 0 Å². The number of amides is 1. The van der Waals surface area contributed by atoms with Crippen LogP contribution in [0.3, 0.4) is 0 Å². The molecule has 1 aromatic rings. The first-order valence-electron chi connectivity index (χ1n) is 3.28.